The molecule has 0 saturated carbocycles. The molecule has 3 aromatic carbocycles. The Labute approximate surface area is 205 Å². The van der Waals surface area contributed by atoms with Crippen LogP contribution in [0.4, 0.5) is 0 Å². The third-order valence-corrected chi connectivity index (χ3v) is 29.4. The van der Waals surface area contributed by atoms with Crippen molar-refractivity contribution in [2.45, 2.75) is 0 Å². The summed E-state index contributed by atoms with van der Waals surface area (Å²) >= 11 is -4.51. The molecule has 1 aromatic heterocycles. The van der Waals surface area contributed by atoms with E-state index in [-0.39, 0.29) is 24.8 Å². The van der Waals surface area contributed by atoms with E-state index in [4.69, 9.17) is 0 Å². The van der Waals surface area contributed by atoms with Crippen LogP contribution in [0.15, 0.2) is 143 Å². The van der Waals surface area contributed by atoms with Gasteiger partial charge in [0, 0.05) is 0 Å². The van der Waals surface area contributed by atoms with Crippen LogP contribution in [-0.4, -0.2) is 0 Å². The summed E-state index contributed by atoms with van der Waals surface area (Å²) in [6.07, 6.45) is 6.72. The summed E-state index contributed by atoms with van der Waals surface area (Å²) in [6.45, 7) is 4.55. The number of hydrogen-bond acceptors (Lipinski definition) is 0. The maximum absolute atomic E-state index is 4.55. The Bertz CT molecular complexity index is 1150. The fourth-order valence-electron chi connectivity index (χ4n) is 5.48. The molecule has 0 saturated heterocycles. The molecular formula is C28H24Cl2PZr. The van der Waals surface area contributed by atoms with E-state index < -0.39 is 18.8 Å². The summed E-state index contributed by atoms with van der Waals surface area (Å²) < 4.78 is 7.37. The smallest absolute Gasteiger partial charge is 1.00 e. The van der Waals surface area contributed by atoms with Crippen LogP contribution in [0.2, 0.25) is 0 Å². The van der Waals surface area contributed by atoms with Gasteiger partial charge in [0.1, 0.15) is 0 Å². The first-order chi connectivity index (χ1) is 14.8. The minimum atomic E-state index is -4.51. The molecule has 0 aliphatic heterocycles. The number of benzene rings is 3. The zero-order valence-electron chi connectivity index (χ0n) is 17.6. The van der Waals surface area contributed by atoms with Gasteiger partial charge in [0.2, 0.25) is 0 Å². The number of hydrogen-bond donors (Lipinski definition) is 0. The zero-order valence-corrected chi connectivity index (χ0v) is 22.6. The van der Waals surface area contributed by atoms with Crippen LogP contribution in [0.3, 0.4) is 0 Å². The Hall–Kier alpha value is -1.88. The van der Waals surface area contributed by atoms with Crippen molar-refractivity contribution < 1.29 is 43.6 Å². The molecule has 4 aromatic rings. The molecule has 1 atom stereocenters. The largest absolute Gasteiger partial charge is 1.00 e. The van der Waals surface area contributed by atoms with E-state index in [1.165, 1.54) is 13.1 Å². The van der Waals surface area contributed by atoms with E-state index in [1.54, 1.807) is 3.00 Å². The minimum absolute atomic E-state index is 0. The van der Waals surface area contributed by atoms with E-state index in [0.717, 1.165) is 5.57 Å². The van der Waals surface area contributed by atoms with Gasteiger partial charge in [0.15, 0.2) is 0 Å². The number of allylic oxidation sites excluding steroid dienone is 5. The molecule has 0 spiro atoms. The molecule has 5 rings (SSSR count). The first-order valence-electron chi connectivity index (χ1n) is 10.3. The van der Waals surface area contributed by atoms with Gasteiger partial charge in [-0.2, -0.15) is 0 Å². The molecule has 1 heterocycles. The van der Waals surface area contributed by atoms with Crippen LogP contribution in [0.25, 0.3) is 0 Å². The van der Waals surface area contributed by atoms with Gasteiger partial charge in [-0.05, 0) is 0 Å². The van der Waals surface area contributed by atoms with Gasteiger partial charge >= 0.3 is 182 Å². The molecule has 1 aliphatic carbocycles. The van der Waals surface area contributed by atoms with Gasteiger partial charge in [-0.25, -0.2) is 0 Å². The van der Waals surface area contributed by atoms with Crippen molar-refractivity contribution in [3.63, 3.8) is 0 Å². The van der Waals surface area contributed by atoms with Gasteiger partial charge in [-0.1, -0.05) is 0 Å². The molecule has 4 heteroatoms. The summed E-state index contributed by atoms with van der Waals surface area (Å²) in [7, 11) is 0.679. The van der Waals surface area contributed by atoms with Crippen molar-refractivity contribution in [1.29, 1.82) is 0 Å². The van der Waals surface area contributed by atoms with E-state index >= 15 is 0 Å². The van der Waals surface area contributed by atoms with E-state index in [0.29, 0.717) is 8.19 Å². The predicted molar refractivity (Wildman–Crippen MR) is 130 cm³/mol. The molecule has 0 N–H and O–H groups in total. The van der Waals surface area contributed by atoms with Crippen molar-refractivity contribution in [1.82, 2.24) is 0 Å². The fraction of sp³-hybridized carbons (Fsp3) is 0. The molecule has 1 aliphatic rings. The van der Waals surface area contributed by atoms with Crippen LogP contribution >= 0.6 is 8.19 Å². The zero-order chi connectivity index (χ0) is 20.5. The third-order valence-electron chi connectivity index (χ3n) is 6.63. The first-order valence-corrected chi connectivity index (χ1v) is 17.5. The van der Waals surface area contributed by atoms with Crippen molar-refractivity contribution in [3.8, 4) is 0 Å². The number of halogens is 2. The second-order valence-electron chi connectivity index (χ2n) is 7.90. The van der Waals surface area contributed by atoms with Gasteiger partial charge in [0.25, 0.3) is 0 Å². The van der Waals surface area contributed by atoms with Crippen LogP contribution < -0.4 is 37.6 Å². The van der Waals surface area contributed by atoms with Gasteiger partial charge in [0.05, 0.1) is 0 Å². The Kier molecular flexibility index (Phi) is 7.70. The Balaban J connectivity index is 0.00000144. The normalized spacial score (nSPS) is 13.4. The molecule has 0 bridgehead atoms. The molecule has 0 radical (unpaired) electrons. The van der Waals surface area contributed by atoms with Crippen molar-refractivity contribution >= 4 is 21.0 Å². The monoisotopic (exact) mass is 551 g/mol. The minimum Gasteiger partial charge on any atom is -1.00 e. The Morgan fingerprint density at radius 1 is 0.594 bits per heavy atom. The Morgan fingerprint density at radius 2 is 1.06 bits per heavy atom. The van der Waals surface area contributed by atoms with E-state index in [2.05, 4.69) is 134 Å². The maximum atomic E-state index is 4.55. The molecule has 0 fully saturated rings. The summed E-state index contributed by atoms with van der Waals surface area (Å²) in [5.74, 6) is 2.34. The molecular weight excluding hydrogens is 529 g/mol. The second kappa shape index (κ2) is 9.95. The SMILES string of the molecule is C=C1C=CC=[C]1[Zr+2]([c]1ccccc1)([c]1ccccc1)([c]1ccccc1)[c]1ccc[pH]1.[Cl-].[Cl-]. The van der Waals surface area contributed by atoms with Crippen LogP contribution in [0.5, 0.6) is 0 Å². The molecule has 1 unspecified atom stereocenters. The quantitative estimate of drug-likeness (QED) is 0.299. The average Bonchev–Trinajstić information content (AvgIpc) is 3.51. The Morgan fingerprint density at radius 3 is 1.41 bits per heavy atom. The standard InChI is InChI=1S/4C6H5.C4H4P.2ClH.Zr/c1-6-4-2-3-5-6;3*1-2-4-6-5-3-1;1-2-4-5-3-1;;;/h2-4H,1H2;3*1-5H;1-3,5H;2*1H;/q;;;;;;;+2/p-2. The summed E-state index contributed by atoms with van der Waals surface area (Å²) in [4.78, 5) is 0. The van der Waals surface area contributed by atoms with Crippen LogP contribution in [-0.2, 0) is 18.8 Å². The third kappa shape index (κ3) is 3.30. The first kappa shape index (κ1) is 24.8. The van der Waals surface area contributed by atoms with E-state index in [1.807, 2.05) is 0 Å². The molecule has 0 nitrogen and oxygen atoms in total. The van der Waals surface area contributed by atoms with E-state index in [9.17, 15) is 0 Å². The molecule has 159 valence electrons. The van der Waals surface area contributed by atoms with Gasteiger partial charge < -0.3 is 24.8 Å². The van der Waals surface area contributed by atoms with Crippen molar-refractivity contribution in [3.05, 3.63) is 143 Å². The van der Waals surface area contributed by atoms with Crippen molar-refractivity contribution in [2.75, 3.05) is 0 Å². The molecule has 0 amide bonds. The maximum Gasteiger partial charge on any atom is -1.00 e. The fourth-order valence-corrected chi connectivity index (χ4v) is 30.4. The second-order valence-corrected chi connectivity index (χ2v) is 23.3. The van der Waals surface area contributed by atoms with Crippen LogP contribution in [0, 0.1) is 0 Å². The van der Waals surface area contributed by atoms with Crippen molar-refractivity contribution in [2.24, 2.45) is 0 Å². The summed E-state index contributed by atoms with van der Waals surface area (Å²) in [5.41, 5.74) is 1.15. The van der Waals surface area contributed by atoms with Crippen LogP contribution in [0.1, 0.15) is 0 Å². The number of rotatable bonds is 5. The average molecular weight is 554 g/mol. The molecule has 32 heavy (non-hydrogen) atoms. The topological polar surface area (TPSA) is 0 Å². The predicted octanol–water partition coefficient (Wildman–Crippen LogP) is -0.973. The van der Waals surface area contributed by atoms with Gasteiger partial charge in [-0.3, -0.25) is 0 Å². The van der Waals surface area contributed by atoms with Gasteiger partial charge in [-0.15, -0.1) is 0 Å². The summed E-state index contributed by atoms with van der Waals surface area (Å²) in [6, 6.07) is 38.4. The summed E-state index contributed by atoms with van der Waals surface area (Å²) in [5, 5.41) is 0.